The van der Waals surface area contributed by atoms with Crippen molar-refractivity contribution in [1.29, 1.82) is 0 Å². The van der Waals surface area contributed by atoms with Gasteiger partial charge in [0.2, 0.25) is 0 Å². The number of hydrogen-bond donors (Lipinski definition) is 1. The van der Waals surface area contributed by atoms with Gasteiger partial charge in [0.25, 0.3) is 0 Å². The van der Waals surface area contributed by atoms with Crippen molar-refractivity contribution >= 4 is 22.8 Å². The van der Waals surface area contributed by atoms with Gasteiger partial charge in [-0.3, -0.25) is 0 Å². The van der Waals surface area contributed by atoms with Gasteiger partial charge in [0.1, 0.15) is 0 Å². The summed E-state index contributed by atoms with van der Waals surface area (Å²) in [6.45, 7) is 3.57. The summed E-state index contributed by atoms with van der Waals surface area (Å²) in [6, 6.07) is 0. The molecular formula is C4H8N2S. The second kappa shape index (κ2) is 2.69. The van der Waals surface area contributed by atoms with E-state index < -0.39 is 0 Å². The van der Waals surface area contributed by atoms with Gasteiger partial charge in [0.05, 0.1) is 5.71 Å². The first-order chi connectivity index (χ1) is 3.18. The average molecular weight is 116 g/mol. The molecule has 7 heavy (non-hydrogen) atoms. The predicted molar refractivity (Wildman–Crippen MR) is 35.6 cm³/mol. The second-order valence-corrected chi connectivity index (χ2v) is 1.88. The normalized spacial score (nSPS) is 11.4. The summed E-state index contributed by atoms with van der Waals surface area (Å²) in [7, 11) is 0. The fraction of sp³-hybridized carbons (Fsp3) is 0.500. The smallest absolute Gasteiger partial charge is 0.0705 e. The number of nitrogens with two attached hydrogens (primary N) is 1. The highest BCUT2D eigenvalue weighted by atomic mass is 32.1. The maximum Gasteiger partial charge on any atom is 0.0705 e. The first-order valence-corrected chi connectivity index (χ1v) is 2.34. The highest BCUT2D eigenvalue weighted by Crippen LogP contribution is 1.77. The molecule has 2 N–H and O–H groups in total. The van der Waals surface area contributed by atoms with E-state index in [4.69, 9.17) is 18.1 Å². The van der Waals surface area contributed by atoms with Gasteiger partial charge < -0.3 is 5.84 Å². The van der Waals surface area contributed by atoms with E-state index in [2.05, 4.69) is 5.10 Å². The highest BCUT2D eigenvalue weighted by molar-refractivity contribution is 7.82. The van der Waals surface area contributed by atoms with Gasteiger partial charge in [-0.2, -0.15) is 5.10 Å². The predicted octanol–water partition coefficient (Wildman–Crippen LogP) is 0.711. The van der Waals surface area contributed by atoms with Crippen LogP contribution in [0.3, 0.4) is 0 Å². The lowest BCUT2D eigenvalue weighted by Gasteiger charge is -1.87. The molecule has 0 rings (SSSR count). The van der Waals surface area contributed by atoms with E-state index in [9.17, 15) is 0 Å². The molecule has 0 saturated carbocycles. The third-order valence-electron chi connectivity index (χ3n) is 0.703. The van der Waals surface area contributed by atoms with E-state index in [1.165, 1.54) is 0 Å². The highest BCUT2D eigenvalue weighted by Gasteiger charge is 1.87. The Bertz CT molecular complexity index is 106. The topological polar surface area (TPSA) is 38.4 Å². The van der Waals surface area contributed by atoms with E-state index >= 15 is 0 Å². The van der Waals surface area contributed by atoms with Crippen molar-refractivity contribution in [3.63, 3.8) is 0 Å². The molecule has 0 aromatic carbocycles. The van der Waals surface area contributed by atoms with Crippen LogP contribution < -0.4 is 5.84 Å². The second-order valence-electron chi connectivity index (χ2n) is 1.27. The molecule has 0 aromatic heterocycles. The fourth-order valence-electron chi connectivity index (χ4n) is 0.0909. The van der Waals surface area contributed by atoms with E-state index in [1.54, 1.807) is 13.8 Å². The number of nitrogens with zero attached hydrogens (tertiary/aromatic N) is 1. The Kier molecular flexibility index (Phi) is 2.52. The van der Waals surface area contributed by atoms with Crippen molar-refractivity contribution in [2.45, 2.75) is 13.8 Å². The number of hydrazone groups is 1. The molecule has 3 heteroatoms. The Morgan fingerprint density at radius 3 is 2.00 bits per heavy atom. The average Bonchev–Trinajstić information content (AvgIpc) is 1.65. The number of rotatable bonds is 1. The molecule has 0 fully saturated rings. The summed E-state index contributed by atoms with van der Waals surface area (Å²) < 4.78 is 0. The van der Waals surface area contributed by atoms with Crippen molar-refractivity contribution < 1.29 is 0 Å². The van der Waals surface area contributed by atoms with Gasteiger partial charge >= 0.3 is 0 Å². The molecule has 0 heterocycles. The minimum absolute atomic E-state index is 0.731. The zero-order valence-electron chi connectivity index (χ0n) is 4.43. The van der Waals surface area contributed by atoms with Crippen molar-refractivity contribution in [1.82, 2.24) is 0 Å². The minimum atomic E-state index is 0.731. The Balaban J connectivity index is 3.82. The summed E-state index contributed by atoms with van der Waals surface area (Å²) in [5.41, 5.74) is 0.731. The molecule has 0 bridgehead atoms. The zero-order valence-corrected chi connectivity index (χ0v) is 5.25. The van der Waals surface area contributed by atoms with Crippen LogP contribution in [-0.2, 0) is 0 Å². The van der Waals surface area contributed by atoms with Crippen LogP contribution in [0.25, 0.3) is 0 Å². The van der Waals surface area contributed by atoms with E-state index in [0.29, 0.717) is 0 Å². The van der Waals surface area contributed by atoms with Gasteiger partial charge in [-0.05, 0) is 13.8 Å². The molecule has 2 nitrogen and oxygen atoms in total. The Morgan fingerprint density at radius 2 is 2.00 bits per heavy atom. The quantitative estimate of drug-likeness (QED) is 0.237. The summed E-state index contributed by atoms with van der Waals surface area (Å²) in [5.74, 6) is 4.87. The van der Waals surface area contributed by atoms with Crippen LogP contribution in [0.2, 0.25) is 0 Å². The Labute approximate surface area is 48.4 Å². The number of hydrogen-bond acceptors (Lipinski definition) is 3. The first kappa shape index (κ1) is 6.56. The minimum Gasteiger partial charge on any atom is -0.323 e. The lowest BCUT2D eigenvalue weighted by Crippen LogP contribution is -2.04. The maximum atomic E-state index is 4.87. The molecule has 40 valence electrons. The molecule has 0 amide bonds. The molecule has 0 aliphatic carbocycles. The number of thiocarbonyl (C=S) groups is 1. The van der Waals surface area contributed by atoms with Crippen LogP contribution in [0.4, 0.5) is 0 Å². The summed E-state index contributed by atoms with van der Waals surface area (Å²) in [6.07, 6.45) is 0. The summed E-state index contributed by atoms with van der Waals surface area (Å²) in [4.78, 5) is 0.752. The van der Waals surface area contributed by atoms with E-state index in [-0.39, 0.29) is 0 Å². The lowest BCUT2D eigenvalue weighted by atomic mass is 10.3. The zero-order chi connectivity index (χ0) is 5.86. The molecule has 0 radical (unpaired) electrons. The van der Waals surface area contributed by atoms with Crippen LogP contribution in [0, 0.1) is 0 Å². The van der Waals surface area contributed by atoms with Gasteiger partial charge in [0.15, 0.2) is 0 Å². The fourth-order valence-corrected chi connectivity index (χ4v) is 0.144. The summed E-state index contributed by atoms with van der Waals surface area (Å²) >= 11 is 4.71. The largest absolute Gasteiger partial charge is 0.323 e. The van der Waals surface area contributed by atoms with Crippen LogP contribution in [0.5, 0.6) is 0 Å². The van der Waals surface area contributed by atoms with Crippen LogP contribution in [0.15, 0.2) is 5.10 Å². The van der Waals surface area contributed by atoms with Crippen molar-refractivity contribution in [3.05, 3.63) is 0 Å². The van der Waals surface area contributed by atoms with Gasteiger partial charge in [-0.1, -0.05) is 12.2 Å². The molecule has 0 aromatic rings. The molecule has 0 aliphatic heterocycles. The van der Waals surface area contributed by atoms with Crippen LogP contribution in [-0.4, -0.2) is 10.6 Å². The summed E-state index contributed by atoms with van der Waals surface area (Å²) in [5, 5.41) is 3.36. The molecule has 0 aliphatic rings. The van der Waals surface area contributed by atoms with E-state index in [1.807, 2.05) is 0 Å². The monoisotopic (exact) mass is 116 g/mol. The molecule has 0 spiro atoms. The van der Waals surface area contributed by atoms with Crippen molar-refractivity contribution in [2.24, 2.45) is 10.9 Å². The van der Waals surface area contributed by atoms with Gasteiger partial charge in [-0.15, -0.1) is 0 Å². The molecule has 0 atom stereocenters. The van der Waals surface area contributed by atoms with Crippen molar-refractivity contribution in [2.75, 3.05) is 0 Å². The van der Waals surface area contributed by atoms with Crippen LogP contribution in [0.1, 0.15) is 13.8 Å². The van der Waals surface area contributed by atoms with Crippen molar-refractivity contribution in [3.8, 4) is 0 Å². The third kappa shape index (κ3) is 2.28. The third-order valence-corrected chi connectivity index (χ3v) is 0.999. The lowest BCUT2D eigenvalue weighted by molar-refractivity contribution is 1.25. The molecular weight excluding hydrogens is 108 g/mol. The maximum absolute atomic E-state index is 4.87. The van der Waals surface area contributed by atoms with Crippen LogP contribution >= 0.6 is 12.2 Å². The standard InChI is InChI=1S/C4H8N2S/c1-3(6-5)4(2)7/h5H2,1-2H3. The molecule has 0 unspecified atom stereocenters. The Morgan fingerprint density at radius 1 is 1.57 bits per heavy atom. The SMILES string of the molecule is CC(=S)C(C)=NN. The molecule has 0 saturated heterocycles. The van der Waals surface area contributed by atoms with Gasteiger partial charge in [0, 0.05) is 4.86 Å². The Hall–Kier alpha value is -0.440. The van der Waals surface area contributed by atoms with E-state index in [0.717, 1.165) is 10.6 Å². The first-order valence-electron chi connectivity index (χ1n) is 1.94. The van der Waals surface area contributed by atoms with Gasteiger partial charge in [-0.25, -0.2) is 0 Å².